The number of halogens is 1. The van der Waals surface area contributed by atoms with Crippen molar-refractivity contribution in [2.75, 3.05) is 12.3 Å². The van der Waals surface area contributed by atoms with Crippen molar-refractivity contribution in [2.24, 2.45) is 0 Å². The van der Waals surface area contributed by atoms with Crippen molar-refractivity contribution in [3.8, 4) is 0 Å². The molecule has 0 heterocycles. The van der Waals surface area contributed by atoms with Gasteiger partial charge in [-0.15, -0.1) is 0 Å². The normalized spacial score (nSPS) is 13.6. The molecular weight excluding hydrogens is 308 g/mol. The number of rotatable bonds is 5. The fraction of sp³-hybridized carbons (Fsp3) is 0.400. The first-order chi connectivity index (χ1) is 7.83. The van der Waals surface area contributed by atoms with Crippen molar-refractivity contribution < 1.29 is 13.5 Å². The van der Waals surface area contributed by atoms with Gasteiger partial charge in [-0.3, -0.25) is 0 Å². The van der Waals surface area contributed by atoms with Gasteiger partial charge >= 0.3 is 0 Å². The highest BCUT2D eigenvalue weighted by Crippen LogP contribution is 2.22. The Labute approximate surface area is 109 Å². The average Bonchev–Trinajstić information content (AvgIpc) is 2.15. The molecule has 0 spiro atoms. The van der Waals surface area contributed by atoms with Crippen LogP contribution in [0.5, 0.6) is 0 Å². The molecule has 0 aliphatic carbocycles. The Hall–Kier alpha value is -0.630. The highest BCUT2D eigenvalue weighted by Gasteiger charge is 2.16. The quantitative estimate of drug-likeness (QED) is 0.707. The molecule has 1 unspecified atom stereocenters. The maximum Gasteiger partial charge on any atom is 0.242 e. The third-order valence-corrected chi connectivity index (χ3v) is 4.14. The number of sulfonamides is 1. The Morgan fingerprint density at radius 1 is 1.53 bits per heavy atom. The van der Waals surface area contributed by atoms with Gasteiger partial charge in [-0.25, -0.2) is 13.1 Å². The minimum atomic E-state index is -3.61. The SMILES string of the molecule is CC(O)CCNS(=O)(=O)c1ccc(Br)cc1N. The van der Waals surface area contributed by atoms with Crippen LogP contribution in [0.4, 0.5) is 5.69 Å². The molecule has 0 aliphatic rings. The first-order valence-corrected chi connectivity index (χ1v) is 7.33. The van der Waals surface area contributed by atoms with Gasteiger partial charge in [0.2, 0.25) is 10.0 Å². The molecule has 1 aromatic carbocycles. The van der Waals surface area contributed by atoms with E-state index in [1.165, 1.54) is 12.1 Å². The molecule has 0 saturated carbocycles. The predicted octanol–water partition coefficient (Wildman–Crippen LogP) is 1.08. The lowest BCUT2D eigenvalue weighted by atomic mass is 10.3. The van der Waals surface area contributed by atoms with Crippen LogP contribution in [-0.2, 0) is 10.0 Å². The van der Waals surface area contributed by atoms with Crippen LogP contribution in [0.15, 0.2) is 27.6 Å². The van der Waals surface area contributed by atoms with E-state index in [0.717, 1.165) is 4.47 Å². The van der Waals surface area contributed by atoms with Crippen molar-refractivity contribution in [3.63, 3.8) is 0 Å². The maximum absolute atomic E-state index is 11.9. The summed E-state index contributed by atoms with van der Waals surface area (Å²) in [6.45, 7) is 1.78. The number of aliphatic hydroxyl groups is 1. The summed E-state index contributed by atoms with van der Waals surface area (Å²) in [5.41, 5.74) is 5.82. The predicted molar refractivity (Wildman–Crippen MR) is 70.0 cm³/mol. The molecular formula is C10H15BrN2O3S. The van der Waals surface area contributed by atoms with Gasteiger partial charge in [0.15, 0.2) is 0 Å². The van der Waals surface area contributed by atoms with Crippen molar-refractivity contribution in [3.05, 3.63) is 22.7 Å². The first kappa shape index (κ1) is 14.4. The van der Waals surface area contributed by atoms with Crippen LogP contribution in [0.2, 0.25) is 0 Å². The van der Waals surface area contributed by atoms with Crippen molar-refractivity contribution >= 4 is 31.6 Å². The molecule has 96 valence electrons. The zero-order chi connectivity index (χ0) is 13.1. The fourth-order valence-electron chi connectivity index (χ4n) is 1.24. The van der Waals surface area contributed by atoms with Crippen molar-refractivity contribution in [1.82, 2.24) is 4.72 Å². The Morgan fingerprint density at radius 2 is 2.18 bits per heavy atom. The van der Waals surface area contributed by atoms with Crippen molar-refractivity contribution in [1.29, 1.82) is 0 Å². The molecule has 0 bridgehead atoms. The number of nitrogen functional groups attached to an aromatic ring is 1. The number of hydrogen-bond acceptors (Lipinski definition) is 4. The summed E-state index contributed by atoms with van der Waals surface area (Å²) >= 11 is 3.21. The molecule has 1 rings (SSSR count). The van der Waals surface area contributed by atoms with Crippen LogP contribution in [0.25, 0.3) is 0 Å². The number of benzene rings is 1. The summed E-state index contributed by atoms with van der Waals surface area (Å²) in [6, 6.07) is 4.58. The minimum absolute atomic E-state index is 0.0475. The third kappa shape index (κ3) is 4.27. The lowest BCUT2D eigenvalue weighted by Crippen LogP contribution is -2.27. The van der Waals surface area contributed by atoms with Gasteiger partial charge in [-0.1, -0.05) is 15.9 Å². The lowest BCUT2D eigenvalue weighted by molar-refractivity contribution is 0.186. The topological polar surface area (TPSA) is 92.4 Å². The van der Waals surface area contributed by atoms with Gasteiger partial charge in [-0.2, -0.15) is 0 Å². The Bertz CT molecular complexity index is 488. The number of aliphatic hydroxyl groups excluding tert-OH is 1. The highest BCUT2D eigenvalue weighted by molar-refractivity contribution is 9.10. The fourth-order valence-corrected chi connectivity index (χ4v) is 2.78. The molecule has 0 amide bonds. The third-order valence-electron chi connectivity index (χ3n) is 2.12. The van der Waals surface area contributed by atoms with Crippen LogP contribution >= 0.6 is 15.9 Å². The monoisotopic (exact) mass is 322 g/mol. The van der Waals surface area contributed by atoms with E-state index in [1.54, 1.807) is 13.0 Å². The lowest BCUT2D eigenvalue weighted by Gasteiger charge is -2.10. The average molecular weight is 323 g/mol. The summed E-state index contributed by atoms with van der Waals surface area (Å²) in [4.78, 5) is 0.0475. The second-order valence-electron chi connectivity index (χ2n) is 3.72. The van der Waals surface area contributed by atoms with Crippen LogP contribution in [0.3, 0.4) is 0 Å². The van der Waals surface area contributed by atoms with E-state index in [4.69, 9.17) is 10.8 Å². The standard InChI is InChI=1S/C10H15BrN2O3S/c1-7(14)4-5-13-17(15,16)10-3-2-8(11)6-9(10)12/h2-3,6-7,13-14H,4-5,12H2,1H3. The molecule has 0 aromatic heterocycles. The van der Waals surface area contributed by atoms with Crippen LogP contribution in [-0.4, -0.2) is 26.2 Å². The van der Waals surface area contributed by atoms with Crippen LogP contribution in [0, 0.1) is 0 Å². The van der Waals surface area contributed by atoms with E-state index in [-0.39, 0.29) is 17.1 Å². The van der Waals surface area contributed by atoms with E-state index >= 15 is 0 Å². The van der Waals surface area contributed by atoms with E-state index in [0.29, 0.717) is 6.42 Å². The Kier molecular flexibility index (Phi) is 4.93. The van der Waals surface area contributed by atoms with E-state index in [1.807, 2.05) is 0 Å². The zero-order valence-corrected chi connectivity index (χ0v) is 11.8. The van der Waals surface area contributed by atoms with Gasteiger partial charge in [-0.05, 0) is 31.5 Å². The summed E-state index contributed by atoms with van der Waals surface area (Å²) in [7, 11) is -3.61. The molecule has 4 N–H and O–H groups in total. The molecule has 1 aromatic rings. The zero-order valence-electron chi connectivity index (χ0n) is 9.35. The van der Waals surface area contributed by atoms with Gasteiger partial charge in [0.05, 0.1) is 11.8 Å². The first-order valence-electron chi connectivity index (χ1n) is 5.05. The van der Waals surface area contributed by atoms with E-state index < -0.39 is 16.1 Å². The molecule has 7 heteroatoms. The summed E-state index contributed by atoms with van der Waals surface area (Å²) in [6.07, 6.45) is -0.185. The second kappa shape index (κ2) is 5.81. The van der Waals surface area contributed by atoms with Gasteiger partial charge in [0.1, 0.15) is 4.90 Å². The maximum atomic E-state index is 11.9. The van der Waals surface area contributed by atoms with Crippen LogP contribution < -0.4 is 10.5 Å². The molecule has 0 radical (unpaired) electrons. The summed E-state index contributed by atoms with van der Waals surface area (Å²) in [5.74, 6) is 0. The van der Waals surface area contributed by atoms with Gasteiger partial charge in [0, 0.05) is 11.0 Å². The van der Waals surface area contributed by atoms with Crippen LogP contribution in [0.1, 0.15) is 13.3 Å². The number of nitrogens with two attached hydrogens (primary N) is 1. The minimum Gasteiger partial charge on any atom is -0.398 e. The molecule has 1 atom stereocenters. The highest BCUT2D eigenvalue weighted by atomic mass is 79.9. The molecule has 5 nitrogen and oxygen atoms in total. The molecule has 17 heavy (non-hydrogen) atoms. The number of nitrogens with one attached hydrogen (secondary N) is 1. The van der Waals surface area contributed by atoms with Gasteiger partial charge < -0.3 is 10.8 Å². The Balaban J connectivity index is 2.83. The molecule has 0 fully saturated rings. The number of hydrogen-bond donors (Lipinski definition) is 3. The van der Waals surface area contributed by atoms with E-state index in [9.17, 15) is 8.42 Å². The summed E-state index contributed by atoms with van der Waals surface area (Å²) < 4.78 is 26.8. The smallest absolute Gasteiger partial charge is 0.242 e. The summed E-state index contributed by atoms with van der Waals surface area (Å²) in [5, 5.41) is 9.05. The molecule has 0 aliphatic heterocycles. The Morgan fingerprint density at radius 3 is 2.71 bits per heavy atom. The second-order valence-corrected chi connectivity index (χ2v) is 6.37. The molecule has 0 saturated heterocycles. The van der Waals surface area contributed by atoms with E-state index in [2.05, 4.69) is 20.7 Å². The van der Waals surface area contributed by atoms with Gasteiger partial charge in [0.25, 0.3) is 0 Å². The largest absolute Gasteiger partial charge is 0.398 e. The van der Waals surface area contributed by atoms with Crippen molar-refractivity contribution in [2.45, 2.75) is 24.3 Å². The number of anilines is 1.